The van der Waals surface area contributed by atoms with E-state index in [-0.39, 0.29) is 30.9 Å². The number of para-hydroxylation sites is 1. The predicted molar refractivity (Wildman–Crippen MR) is 149 cm³/mol. The van der Waals surface area contributed by atoms with Crippen LogP contribution < -0.4 is 4.74 Å². The molecular weight excluding hydrogens is 514 g/mol. The highest BCUT2D eigenvalue weighted by molar-refractivity contribution is 6.35. The summed E-state index contributed by atoms with van der Waals surface area (Å²) in [4.78, 5) is 37.4. The van der Waals surface area contributed by atoms with Gasteiger partial charge >= 0.3 is 5.97 Å². The first-order valence-corrected chi connectivity index (χ1v) is 13.7. The molecule has 4 rings (SSSR count). The first kappa shape index (κ1) is 28.8. The van der Waals surface area contributed by atoms with Gasteiger partial charge in [0.05, 0.1) is 24.4 Å². The van der Waals surface area contributed by atoms with Crippen molar-refractivity contribution in [1.29, 1.82) is 0 Å². The van der Waals surface area contributed by atoms with Gasteiger partial charge in [0.1, 0.15) is 12.4 Å². The summed E-state index contributed by atoms with van der Waals surface area (Å²) in [6, 6.07) is 19.8. The highest BCUT2D eigenvalue weighted by atomic mass is 16.9. The molecule has 1 aromatic heterocycles. The largest absolute Gasteiger partial charge is 0.487 e. The lowest BCUT2D eigenvalue weighted by molar-refractivity contribution is -0.757. The van der Waals surface area contributed by atoms with E-state index < -0.39 is 11.1 Å². The maximum absolute atomic E-state index is 12.3. The average molecular weight is 550 g/mol. The number of oxime groups is 1. The molecule has 1 aliphatic carbocycles. The van der Waals surface area contributed by atoms with Gasteiger partial charge in [-0.2, -0.15) is 0 Å². The van der Waals surface area contributed by atoms with E-state index in [2.05, 4.69) is 15.0 Å². The van der Waals surface area contributed by atoms with Crippen LogP contribution in [0, 0.1) is 16.0 Å². The van der Waals surface area contributed by atoms with E-state index in [9.17, 15) is 14.9 Å². The molecule has 0 radical (unpaired) electrons. The Morgan fingerprint density at radius 1 is 1.02 bits per heavy atom. The summed E-state index contributed by atoms with van der Waals surface area (Å²) in [5.74, 6) is 0.438. The smallest absolute Gasteiger partial charge is 0.355 e. The first-order chi connectivity index (χ1) is 19.5. The summed E-state index contributed by atoms with van der Waals surface area (Å²) in [5.41, 5.74) is 2.88. The molecule has 1 saturated carbocycles. The number of carbonyl (C=O) groups is 1. The van der Waals surface area contributed by atoms with Crippen LogP contribution in [0.4, 0.5) is 0 Å². The van der Waals surface area contributed by atoms with Gasteiger partial charge in [0.2, 0.25) is 0 Å². The van der Waals surface area contributed by atoms with Crippen LogP contribution in [0.1, 0.15) is 69.2 Å². The molecule has 10 nitrogen and oxygen atoms in total. The molecule has 0 amide bonds. The highest BCUT2D eigenvalue weighted by Gasteiger charge is 2.27. The number of hydrogen-bond donors (Lipinski definition) is 0. The van der Waals surface area contributed by atoms with Gasteiger partial charge in [0.15, 0.2) is 11.8 Å². The van der Waals surface area contributed by atoms with Crippen LogP contribution >= 0.6 is 0 Å². The number of rotatable bonds is 14. The van der Waals surface area contributed by atoms with Crippen LogP contribution in [-0.4, -0.2) is 35.0 Å². The number of carbonyl (C=O) groups excluding carboxylic acids is 1. The number of unbranched alkanes of at least 4 members (excludes halogenated alkanes) is 1. The molecule has 0 aliphatic heterocycles. The maximum atomic E-state index is 12.3. The fourth-order valence-electron chi connectivity index (χ4n) is 4.74. The van der Waals surface area contributed by atoms with Crippen molar-refractivity contribution in [1.82, 2.24) is 4.98 Å². The monoisotopic (exact) mass is 549 g/mol. The van der Waals surface area contributed by atoms with Crippen molar-refractivity contribution >= 4 is 22.6 Å². The summed E-state index contributed by atoms with van der Waals surface area (Å²) in [7, 11) is 0. The SMILES string of the molecule is C/C(=N/OC(c1ccc(OCc2ccc3ccccc3n2)cc1)C1CCCCC1)C(=O)OCCCCO[N+](=O)[O-]. The van der Waals surface area contributed by atoms with Gasteiger partial charge in [-0.05, 0) is 62.4 Å². The molecule has 10 heteroatoms. The molecule has 1 heterocycles. The molecule has 40 heavy (non-hydrogen) atoms. The normalized spacial score (nSPS) is 14.9. The van der Waals surface area contributed by atoms with Crippen molar-refractivity contribution in [2.75, 3.05) is 13.2 Å². The number of hydrogen-bond acceptors (Lipinski definition) is 9. The van der Waals surface area contributed by atoms with E-state index >= 15 is 0 Å². The Bertz CT molecular complexity index is 1290. The molecule has 3 aromatic rings. The summed E-state index contributed by atoms with van der Waals surface area (Å²) in [6.45, 7) is 2.00. The summed E-state index contributed by atoms with van der Waals surface area (Å²) in [6.07, 6.45) is 6.10. The lowest BCUT2D eigenvalue weighted by atomic mass is 9.83. The number of esters is 1. The molecule has 1 fully saturated rings. The Balaban J connectivity index is 1.33. The number of nitrogens with zero attached hydrogens (tertiary/aromatic N) is 3. The van der Waals surface area contributed by atoms with Crippen LogP contribution in [0.15, 0.2) is 65.8 Å². The highest BCUT2D eigenvalue weighted by Crippen LogP contribution is 2.37. The third-order valence-corrected chi connectivity index (χ3v) is 6.90. The Hall–Kier alpha value is -4.21. The van der Waals surface area contributed by atoms with Gasteiger partial charge in [-0.1, -0.05) is 60.8 Å². The molecule has 1 unspecified atom stereocenters. The summed E-state index contributed by atoms with van der Waals surface area (Å²) >= 11 is 0. The van der Waals surface area contributed by atoms with Gasteiger partial charge in [-0.15, -0.1) is 10.1 Å². The van der Waals surface area contributed by atoms with E-state index in [4.69, 9.17) is 14.3 Å². The molecular formula is C30H35N3O7. The van der Waals surface area contributed by atoms with Gasteiger partial charge < -0.3 is 19.1 Å². The number of fused-ring (bicyclic) bond motifs is 1. The fourth-order valence-corrected chi connectivity index (χ4v) is 4.74. The maximum Gasteiger partial charge on any atom is 0.355 e. The van der Waals surface area contributed by atoms with E-state index in [0.717, 1.165) is 53.6 Å². The zero-order valence-corrected chi connectivity index (χ0v) is 22.7. The molecule has 0 saturated heterocycles. The van der Waals surface area contributed by atoms with E-state index in [1.165, 1.54) is 6.42 Å². The van der Waals surface area contributed by atoms with Crippen molar-refractivity contribution < 1.29 is 29.0 Å². The van der Waals surface area contributed by atoms with Crippen molar-refractivity contribution in [2.45, 2.75) is 64.6 Å². The lowest BCUT2D eigenvalue weighted by Gasteiger charge is -2.29. The minimum absolute atomic E-state index is 0.0338. The average Bonchev–Trinajstić information content (AvgIpc) is 2.98. The minimum Gasteiger partial charge on any atom is -0.487 e. The zero-order chi connectivity index (χ0) is 28.2. The Morgan fingerprint density at radius 3 is 2.55 bits per heavy atom. The van der Waals surface area contributed by atoms with Crippen molar-refractivity contribution in [3.05, 3.63) is 82.0 Å². The van der Waals surface area contributed by atoms with Gasteiger partial charge in [-0.25, -0.2) is 9.78 Å². The molecule has 1 aliphatic rings. The topological polar surface area (TPSA) is 122 Å². The van der Waals surface area contributed by atoms with Crippen molar-refractivity contribution in [3.63, 3.8) is 0 Å². The Kier molecular flexibility index (Phi) is 10.7. The Morgan fingerprint density at radius 2 is 1.77 bits per heavy atom. The first-order valence-electron chi connectivity index (χ1n) is 13.7. The van der Waals surface area contributed by atoms with E-state index in [0.29, 0.717) is 19.4 Å². The second-order valence-electron chi connectivity index (χ2n) is 9.85. The van der Waals surface area contributed by atoms with Crippen molar-refractivity contribution in [2.24, 2.45) is 11.1 Å². The standard InChI is InChI=1S/C30H35N3O7/c1-22(30(34)37-19-7-8-20-39-33(35)36)32-40-29(24-10-3-2-4-11-24)25-14-17-27(18-15-25)38-21-26-16-13-23-9-5-6-12-28(23)31-26/h5-6,9,12-18,24,29H,2-4,7-8,10-11,19-21H2,1H3/b32-22-. The molecule has 0 spiro atoms. The fraction of sp³-hybridized carbons (Fsp3) is 0.433. The molecule has 1 atom stereocenters. The summed E-state index contributed by atoms with van der Waals surface area (Å²) in [5, 5.41) is 14.5. The van der Waals surface area contributed by atoms with Crippen LogP contribution in [-0.2, 0) is 25.8 Å². The number of ether oxygens (including phenoxy) is 2. The van der Waals surface area contributed by atoms with E-state index in [1.807, 2.05) is 60.7 Å². The third kappa shape index (κ3) is 8.65. The van der Waals surface area contributed by atoms with Crippen LogP contribution in [0.3, 0.4) is 0 Å². The molecule has 2 aromatic carbocycles. The minimum atomic E-state index is -0.840. The van der Waals surface area contributed by atoms with Gasteiger partial charge in [0.25, 0.3) is 5.09 Å². The van der Waals surface area contributed by atoms with Gasteiger partial charge in [0, 0.05) is 11.3 Å². The van der Waals surface area contributed by atoms with Crippen molar-refractivity contribution in [3.8, 4) is 5.75 Å². The number of pyridine rings is 1. The van der Waals surface area contributed by atoms with Crippen LogP contribution in [0.2, 0.25) is 0 Å². The molecule has 212 valence electrons. The number of aromatic nitrogens is 1. The van der Waals surface area contributed by atoms with Crippen LogP contribution in [0.5, 0.6) is 5.75 Å². The zero-order valence-electron chi connectivity index (χ0n) is 22.7. The summed E-state index contributed by atoms with van der Waals surface area (Å²) < 4.78 is 11.2. The molecule has 0 N–H and O–H groups in total. The quantitative estimate of drug-likeness (QED) is 0.0748. The van der Waals surface area contributed by atoms with Gasteiger partial charge in [-0.3, -0.25) is 0 Å². The van der Waals surface area contributed by atoms with E-state index in [1.54, 1.807) is 6.92 Å². The molecule has 0 bridgehead atoms. The van der Waals surface area contributed by atoms with Crippen LogP contribution in [0.25, 0.3) is 10.9 Å². The third-order valence-electron chi connectivity index (χ3n) is 6.90. The second-order valence-corrected chi connectivity index (χ2v) is 9.85. The predicted octanol–water partition coefficient (Wildman–Crippen LogP) is 6.36. The lowest BCUT2D eigenvalue weighted by Crippen LogP contribution is -2.20. The second kappa shape index (κ2) is 14.8. The Labute approximate surface area is 233 Å². The number of benzene rings is 2.